The van der Waals surface area contributed by atoms with E-state index in [-0.39, 0.29) is 5.84 Å². The van der Waals surface area contributed by atoms with Crippen LogP contribution in [0.3, 0.4) is 0 Å². The zero-order chi connectivity index (χ0) is 13.7. The van der Waals surface area contributed by atoms with E-state index >= 15 is 0 Å². The molecule has 5 heteroatoms. The van der Waals surface area contributed by atoms with Gasteiger partial charge < -0.3 is 15.7 Å². The minimum Gasteiger partial charge on any atom is -0.489 e. The highest BCUT2D eigenvalue weighted by molar-refractivity contribution is 6.31. The molecule has 4 nitrogen and oxygen atoms in total. The Bertz CT molecular complexity index is 585. The van der Waals surface area contributed by atoms with E-state index in [1.165, 1.54) is 0 Å². The largest absolute Gasteiger partial charge is 0.489 e. The summed E-state index contributed by atoms with van der Waals surface area (Å²) in [5, 5.41) is 12.0. The Labute approximate surface area is 116 Å². The van der Waals surface area contributed by atoms with Crippen molar-refractivity contribution in [3.8, 4) is 5.75 Å². The maximum absolute atomic E-state index is 8.60. The second-order valence-electron chi connectivity index (χ2n) is 3.89. The second-order valence-corrected chi connectivity index (χ2v) is 4.30. The molecule has 0 spiro atoms. The van der Waals surface area contributed by atoms with Gasteiger partial charge in [-0.2, -0.15) is 0 Å². The van der Waals surface area contributed by atoms with Crippen LogP contribution in [0.1, 0.15) is 11.1 Å². The molecule has 0 aliphatic rings. The van der Waals surface area contributed by atoms with Crippen molar-refractivity contribution >= 4 is 17.4 Å². The summed E-state index contributed by atoms with van der Waals surface area (Å²) >= 11 is 6.12. The third-order valence-electron chi connectivity index (χ3n) is 2.59. The number of benzene rings is 2. The average Bonchev–Trinajstić information content (AvgIpc) is 2.46. The van der Waals surface area contributed by atoms with Crippen molar-refractivity contribution in [1.82, 2.24) is 0 Å². The van der Waals surface area contributed by atoms with Crippen molar-refractivity contribution in [2.24, 2.45) is 10.9 Å². The lowest BCUT2D eigenvalue weighted by Gasteiger charge is -2.08. The van der Waals surface area contributed by atoms with E-state index in [2.05, 4.69) is 5.16 Å². The SMILES string of the molecule is N/C(=N/O)c1ccc(COc2ccccc2)c(Cl)c1. The van der Waals surface area contributed by atoms with Crippen molar-refractivity contribution < 1.29 is 9.94 Å². The number of para-hydroxylation sites is 1. The molecule has 2 rings (SSSR count). The van der Waals surface area contributed by atoms with Gasteiger partial charge in [0.1, 0.15) is 12.4 Å². The van der Waals surface area contributed by atoms with Crippen molar-refractivity contribution in [2.75, 3.05) is 0 Å². The fourth-order valence-electron chi connectivity index (χ4n) is 1.56. The number of rotatable bonds is 4. The first-order valence-corrected chi connectivity index (χ1v) is 6.02. The molecule has 98 valence electrons. The van der Waals surface area contributed by atoms with Gasteiger partial charge in [0.15, 0.2) is 5.84 Å². The molecule has 0 unspecified atom stereocenters. The van der Waals surface area contributed by atoms with Gasteiger partial charge in [-0.3, -0.25) is 0 Å². The van der Waals surface area contributed by atoms with Gasteiger partial charge in [0.2, 0.25) is 0 Å². The summed E-state index contributed by atoms with van der Waals surface area (Å²) in [6.07, 6.45) is 0. The Kier molecular flexibility index (Phi) is 4.26. The van der Waals surface area contributed by atoms with Crippen LogP contribution < -0.4 is 10.5 Å². The van der Waals surface area contributed by atoms with Gasteiger partial charge in [0.05, 0.1) is 0 Å². The first kappa shape index (κ1) is 13.2. The third-order valence-corrected chi connectivity index (χ3v) is 2.95. The number of ether oxygens (including phenoxy) is 1. The van der Waals surface area contributed by atoms with Gasteiger partial charge in [0.25, 0.3) is 0 Å². The first-order chi connectivity index (χ1) is 9.20. The quantitative estimate of drug-likeness (QED) is 0.390. The lowest BCUT2D eigenvalue weighted by Crippen LogP contribution is -2.13. The van der Waals surface area contributed by atoms with Crippen molar-refractivity contribution in [3.63, 3.8) is 0 Å². The Balaban J connectivity index is 2.10. The molecule has 0 fully saturated rings. The molecule has 0 aromatic heterocycles. The highest BCUT2D eigenvalue weighted by atomic mass is 35.5. The second kappa shape index (κ2) is 6.11. The molecule has 2 aromatic carbocycles. The summed E-state index contributed by atoms with van der Waals surface area (Å²) in [6, 6.07) is 14.6. The minimum atomic E-state index is 0.0254. The molecule has 0 aliphatic carbocycles. The lowest BCUT2D eigenvalue weighted by atomic mass is 10.1. The van der Waals surface area contributed by atoms with Gasteiger partial charge in [-0.25, -0.2) is 0 Å². The van der Waals surface area contributed by atoms with E-state index in [9.17, 15) is 0 Å². The standard InChI is InChI=1S/C14H13ClN2O2/c15-13-8-10(14(16)17-18)6-7-11(13)9-19-12-4-2-1-3-5-12/h1-8,18H,9H2,(H2,16,17). The summed E-state index contributed by atoms with van der Waals surface area (Å²) in [7, 11) is 0. The first-order valence-electron chi connectivity index (χ1n) is 5.65. The van der Waals surface area contributed by atoms with Gasteiger partial charge >= 0.3 is 0 Å². The Morgan fingerprint density at radius 2 is 1.95 bits per heavy atom. The van der Waals surface area contributed by atoms with E-state index in [0.29, 0.717) is 17.2 Å². The number of hydrogen-bond acceptors (Lipinski definition) is 3. The number of hydrogen-bond donors (Lipinski definition) is 2. The number of nitrogens with two attached hydrogens (primary N) is 1. The lowest BCUT2D eigenvalue weighted by molar-refractivity contribution is 0.306. The summed E-state index contributed by atoms with van der Waals surface area (Å²) in [5.41, 5.74) is 6.89. The monoisotopic (exact) mass is 276 g/mol. The molecular weight excluding hydrogens is 264 g/mol. The molecule has 0 saturated carbocycles. The molecule has 0 radical (unpaired) electrons. The highest BCUT2D eigenvalue weighted by Gasteiger charge is 2.05. The van der Waals surface area contributed by atoms with E-state index in [0.717, 1.165) is 11.3 Å². The molecular formula is C14H13ClN2O2. The Morgan fingerprint density at radius 1 is 1.21 bits per heavy atom. The van der Waals surface area contributed by atoms with Crippen molar-refractivity contribution in [1.29, 1.82) is 0 Å². The number of nitrogens with zero attached hydrogens (tertiary/aromatic N) is 1. The maximum atomic E-state index is 8.60. The molecule has 0 saturated heterocycles. The summed E-state index contributed by atoms with van der Waals surface area (Å²) in [6.45, 7) is 0.360. The van der Waals surface area contributed by atoms with E-state index < -0.39 is 0 Å². The minimum absolute atomic E-state index is 0.0254. The zero-order valence-corrected chi connectivity index (χ0v) is 10.8. The zero-order valence-electron chi connectivity index (χ0n) is 10.1. The fourth-order valence-corrected chi connectivity index (χ4v) is 1.79. The fraction of sp³-hybridized carbons (Fsp3) is 0.0714. The Hall–Kier alpha value is -2.20. The molecule has 19 heavy (non-hydrogen) atoms. The predicted octanol–water partition coefficient (Wildman–Crippen LogP) is 3.01. The van der Waals surface area contributed by atoms with Gasteiger partial charge in [-0.1, -0.05) is 47.1 Å². The third kappa shape index (κ3) is 3.39. The number of amidine groups is 1. The Morgan fingerprint density at radius 3 is 2.58 bits per heavy atom. The highest BCUT2D eigenvalue weighted by Crippen LogP contribution is 2.20. The van der Waals surface area contributed by atoms with Crippen LogP contribution >= 0.6 is 11.6 Å². The molecule has 0 heterocycles. The van der Waals surface area contributed by atoms with E-state index in [1.54, 1.807) is 18.2 Å². The van der Waals surface area contributed by atoms with Crippen LogP contribution in [0.25, 0.3) is 0 Å². The van der Waals surface area contributed by atoms with Crippen LogP contribution in [0.15, 0.2) is 53.7 Å². The molecule has 0 amide bonds. The smallest absolute Gasteiger partial charge is 0.170 e. The predicted molar refractivity (Wildman–Crippen MR) is 74.7 cm³/mol. The molecule has 2 aromatic rings. The van der Waals surface area contributed by atoms with Crippen LogP contribution in [0, 0.1) is 0 Å². The summed E-state index contributed by atoms with van der Waals surface area (Å²) in [4.78, 5) is 0. The molecule has 0 bridgehead atoms. The van der Waals surface area contributed by atoms with Gasteiger partial charge in [-0.15, -0.1) is 0 Å². The van der Waals surface area contributed by atoms with Crippen molar-refractivity contribution in [3.05, 3.63) is 64.7 Å². The maximum Gasteiger partial charge on any atom is 0.170 e. The van der Waals surface area contributed by atoms with Crippen LogP contribution in [0.5, 0.6) is 5.75 Å². The van der Waals surface area contributed by atoms with Crippen molar-refractivity contribution in [2.45, 2.75) is 6.61 Å². The molecule has 3 N–H and O–H groups in total. The van der Waals surface area contributed by atoms with E-state index in [1.807, 2.05) is 30.3 Å². The molecule has 0 atom stereocenters. The van der Waals surface area contributed by atoms with Crippen LogP contribution in [-0.2, 0) is 6.61 Å². The van der Waals surface area contributed by atoms with Gasteiger partial charge in [-0.05, 0) is 18.2 Å². The molecule has 0 aliphatic heterocycles. The number of oxime groups is 1. The topological polar surface area (TPSA) is 67.8 Å². The number of halogens is 1. The van der Waals surface area contributed by atoms with Gasteiger partial charge in [0, 0.05) is 16.1 Å². The summed E-state index contributed by atoms with van der Waals surface area (Å²) < 4.78 is 5.60. The van der Waals surface area contributed by atoms with E-state index in [4.69, 9.17) is 27.3 Å². The average molecular weight is 277 g/mol. The normalized spacial score (nSPS) is 11.3. The summed E-state index contributed by atoms with van der Waals surface area (Å²) in [5.74, 6) is 0.802. The van der Waals surface area contributed by atoms with Crippen LogP contribution in [0.4, 0.5) is 0 Å². The van der Waals surface area contributed by atoms with Crippen LogP contribution in [-0.4, -0.2) is 11.0 Å². The van der Waals surface area contributed by atoms with Crippen LogP contribution in [0.2, 0.25) is 5.02 Å².